The predicted octanol–water partition coefficient (Wildman–Crippen LogP) is 1.54. The van der Waals surface area contributed by atoms with Crippen molar-refractivity contribution in [2.75, 3.05) is 6.61 Å². The molecule has 0 spiro atoms. The third-order valence-corrected chi connectivity index (χ3v) is 2.48. The highest BCUT2D eigenvalue weighted by Crippen LogP contribution is 2.09. The maximum absolute atomic E-state index is 11.2. The zero-order chi connectivity index (χ0) is 13.4. The lowest BCUT2D eigenvalue weighted by atomic mass is 9.99. The van der Waals surface area contributed by atoms with Crippen LogP contribution in [-0.4, -0.2) is 29.7 Å². The molecule has 0 bridgehead atoms. The van der Waals surface area contributed by atoms with E-state index in [-0.39, 0.29) is 5.92 Å². The molecule has 0 saturated carbocycles. The zero-order valence-corrected chi connectivity index (χ0v) is 10.8. The summed E-state index contributed by atoms with van der Waals surface area (Å²) in [5.41, 5.74) is 0.496. The van der Waals surface area contributed by atoms with E-state index in [1.54, 1.807) is 13.8 Å². The van der Waals surface area contributed by atoms with Crippen molar-refractivity contribution in [3.05, 3.63) is 11.8 Å². The second kappa shape index (κ2) is 7.70. The summed E-state index contributed by atoms with van der Waals surface area (Å²) in [6.07, 6.45) is 2.01. The van der Waals surface area contributed by atoms with Gasteiger partial charge >= 0.3 is 11.9 Å². The second-order valence-corrected chi connectivity index (χ2v) is 3.93. The summed E-state index contributed by atoms with van der Waals surface area (Å²) in [7, 11) is 0. The van der Waals surface area contributed by atoms with Crippen LogP contribution in [0.25, 0.3) is 0 Å². The summed E-state index contributed by atoms with van der Waals surface area (Å²) in [6.45, 7) is 7.44. The average Bonchev–Trinajstić information content (AvgIpc) is 2.24. The number of carbonyl (C=O) groups is 2. The van der Waals surface area contributed by atoms with Crippen LogP contribution >= 0.6 is 0 Å². The normalized spacial score (nSPS) is 14.9. The standard InChI is InChI=1S/C12H21NO4/c1-5-8(3)11(12(15)16)13-9(4)7-10(14)17-6-2/h7-8,11,13H,5-6H2,1-4H3,(H,15,16)/b9-7+. The van der Waals surface area contributed by atoms with Gasteiger partial charge < -0.3 is 15.2 Å². The fraction of sp³-hybridized carbons (Fsp3) is 0.667. The minimum Gasteiger partial charge on any atom is -0.480 e. The van der Waals surface area contributed by atoms with Gasteiger partial charge in [0.2, 0.25) is 0 Å². The van der Waals surface area contributed by atoms with Crippen molar-refractivity contribution in [3.8, 4) is 0 Å². The number of allylic oxidation sites excluding steroid dienone is 1. The first-order valence-corrected chi connectivity index (χ1v) is 5.76. The molecule has 0 heterocycles. The van der Waals surface area contributed by atoms with E-state index in [0.29, 0.717) is 12.3 Å². The molecular weight excluding hydrogens is 222 g/mol. The lowest BCUT2D eigenvalue weighted by molar-refractivity contribution is -0.141. The lowest BCUT2D eigenvalue weighted by Gasteiger charge is -2.21. The first-order chi connectivity index (χ1) is 7.92. The lowest BCUT2D eigenvalue weighted by Crippen LogP contribution is -2.40. The molecule has 0 aliphatic heterocycles. The highest BCUT2D eigenvalue weighted by Gasteiger charge is 2.23. The first-order valence-electron chi connectivity index (χ1n) is 5.76. The molecule has 0 radical (unpaired) electrons. The van der Waals surface area contributed by atoms with Gasteiger partial charge in [0.25, 0.3) is 0 Å². The molecule has 0 saturated heterocycles. The van der Waals surface area contributed by atoms with Crippen molar-refractivity contribution in [2.24, 2.45) is 5.92 Å². The van der Waals surface area contributed by atoms with Crippen molar-refractivity contribution in [3.63, 3.8) is 0 Å². The fourth-order valence-corrected chi connectivity index (χ4v) is 1.33. The molecule has 0 aromatic carbocycles. The average molecular weight is 243 g/mol. The van der Waals surface area contributed by atoms with Crippen LogP contribution in [0.5, 0.6) is 0 Å². The fourth-order valence-electron chi connectivity index (χ4n) is 1.33. The highest BCUT2D eigenvalue weighted by atomic mass is 16.5. The quantitative estimate of drug-likeness (QED) is 0.524. The molecule has 0 rings (SSSR count). The van der Waals surface area contributed by atoms with Crippen LogP contribution in [0.15, 0.2) is 11.8 Å². The van der Waals surface area contributed by atoms with Crippen molar-refractivity contribution in [2.45, 2.75) is 40.2 Å². The molecule has 0 aromatic rings. The molecule has 98 valence electrons. The molecule has 0 aliphatic carbocycles. The van der Waals surface area contributed by atoms with Gasteiger partial charge in [-0.2, -0.15) is 0 Å². The summed E-state index contributed by atoms with van der Waals surface area (Å²) in [5.74, 6) is -1.40. The second-order valence-electron chi connectivity index (χ2n) is 3.93. The Balaban J connectivity index is 4.55. The molecule has 5 nitrogen and oxygen atoms in total. The molecule has 2 N–H and O–H groups in total. The zero-order valence-electron chi connectivity index (χ0n) is 10.8. The predicted molar refractivity (Wildman–Crippen MR) is 64.4 cm³/mol. The van der Waals surface area contributed by atoms with E-state index in [9.17, 15) is 9.59 Å². The number of hydrogen-bond acceptors (Lipinski definition) is 4. The van der Waals surface area contributed by atoms with Crippen LogP contribution in [-0.2, 0) is 14.3 Å². The number of carbonyl (C=O) groups excluding carboxylic acids is 1. The summed E-state index contributed by atoms with van der Waals surface area (Å²) in [6, 6.07) is -0.689. The van der Waals surface area contributed by atoms with Crippen LogP contribution in [0, 0.1) is 5.92 Å². The molecule has 0 aromatic heterocycles. The van der Waals surface area contributed by atoms with E-state index in [0.717, 1.165) is 6.42 Å². The van der Waals surface area contributed by atoms with Crippen LogP contribution in [0.3, 0.4) is 0 Å². The third kappa shape index (κ3) is 5.94. The molecule has 5 heteroatoms. The van der Waals surface area contributed by atoms with Gasteiger partial charge in [-0.3, -0.25) is 0 Å². The van der Waals surface area contributed by atoms with Crippen LogP contribution in [0.2, 0.25) is 0 Å². The van der Waals surface area contributed by atoms with Crippen molar-refractivity contribution in [1.82, 2.24) is 5.32 Å². The van der Waals surface area contributed by atoms with E-state index < -0.39 is 18.0 Å². The van der Waals surface area contributed by atoms with E-state index in [1.165, 1.54) is 6.08 Å². The minimum absolute atomic E-state index is 0.0157. The number of hydrogen-bond donors (Lipinski definition) is 2. The van der Waals surface area contributed by atoms with E-state index >= 15 is 0 Å². The number of carboxylic acids is 1. The largest absolute Gasteiger partial charge is 0.480 e. The first kappa shape index (κ1) is 15.5. The smallest absolute Gasteiger partial charge is 0.332 e. The van der Waals surface area contributed by atoms with Crippen molar-refractivity contribution >= 4 is 11.9 Å². The Morgan fingerprint density at radius 1 is 1.41 bits per heavy atom. The summed E-state index contributed by atoms with van der Waals surface area (Å²) in [5, 5.41) is 11.9. The van der Waals surface area contributed by atoms with Crippen LogP contribution in [0.1, 0.15) is 34.1 Å². The van der Waals surface area contributed by atoms with Gasteiger partial charge in [-0.15, -0.1) is 0 Å². The number of ether oxygens (including phenoxy) is 1. The van der Waals surface area contributed by atoms with Gasteiger partial charge in [-0.25, -0.2) is 9.59 Å². The Morgan fingerprint density at radius 3 is 2.41 bits per heavy atom. The van der Waals surface area contributed by atoms with Gasteiger partial charge in [0.15, 0.2) is 0 Å². The van der Waals surface area contributed by atoms with Crippen molar-refractivity contribution < 1.29 is 19.4 Å². The number of rotatable bonds is 7. The molecule has 2 unspecified atom stereocenters. The highest BCUT2D eigenvalue weighted by molar-refractivity contribution is 5.83. The van der Waals surface area contributed by atoms with E-state index in [4.69, 9.17) is 9.84 Å². The Morgan fingerprint density at radius 2 is 2.00 bits per heavy atom. The summed E-state index contributed by atoms with van der Waals surface area (Å²) >= 11 is 0. The number of carboxylic acid groups (broad SMARTS) is 1. The maximum atomic E-state index is 11.2. The molecule has 0 amide bonds. The van der Waals surface area contributed by atoms with Crippen LogP contribution in [0.4, 0.5) is 0 Å². The molecule has 17 heavy (non-hydrogen) atoms. The summed E-state index contributed by atoms with van der Waals surface area (Å²) < 4.78 is 4.74. The van der Waals surface area contributed by atoms with Gasteiger partial charge in [-0.05, 0) is 19.8 Å². The van der Waals surface area contributed by atoms with Gasteiger partial charge in [0, 0.05) is 11.8 Å². The van der Waals surface area contributed by atoms with E-state index in [2.05, 4.69) is 5.32 Å². The number of nitrogens with one attached hydrogen (secondary N) is 1. The van der Waals surface area contributed by atoms with Gasteiger partial charge in [-0.1, -0.05) is 20.3 Å². The Bertz CT molecular complexity index is 299. The topological polar surface area (TPSA) is 75.6 Å². The molecule has 0 aliphatic rings. The van der Waals surface area contributed by atoms with Gasteiger partial charge in [0.1, 0.15) is 6.04 Å². The number of esters is 1. The molecule has 0 fully saturated rings. The Kier molecular flexibility index (Phi) is 7.02. The molecule has 2 atom stereocenters. The Hall–Kier alpha value is -1.52. The number of aliphatic carboxylic acids is 1. The van der Waals surface area contributed by atoms with Gasteiger partial charge in [0.05, 0.1) is 6.61 Å². The maximum Gasteiger partial charge on any atom is 0.332 e. The van der Waals surface area contributed by atoms with Crippen LogP contribution < -0.4 is 5.32 Å². The Labute approximate surface area is 102 Å². The van der Waals surface area contributed by atoms with Crippen molar-refractivity contribution in [1.29, 1.82) is 0 Å². The molecular formula is C12H21NO4. The summed E-state index contributed by atoms with van der Waals surface area (Å²) in [4.78, 5) is 22.2. The SMILES string of the molecule is CCOC(=O)/C=C(\C)NC(C(=O)O)C(C)CC. The minimum atomic E-state index is -0.920. The van der Waals surface area contributed by atoms with E-state index in [1.807, 2.05) is 13.8 Å². The third-order valence-electron chi connectivity index (χ3n) is 2.48. The monoisotopic (exact) mass is 243 g/mol.